The number of aliphatic hydroxyl groups is 2. The van der Waals surface area contributed by atoms with Crippen molar-refractivity contribution in [3.05, 3.63) is 36.5 Å². The summed E-state index contributed by atoms with van der Waals surface area (Å²) >= 11 is 0. The van der Waals surface area contributed by atoms with Gasteiger partial charge in [-0.05, 0) is 83.5 Å². The minimum atomic E-state index is -0.861. The normalized spacial score (nSPS) is 12.9. The lowest BCUT2D eigenvalue weighted by atomic mass is 10.0. The standard InChI is InChI=1S/C55H103NO5/c1-3-5-7-9-11-13-15-17-19-20-21-25-29-33-37-41-45-49-55(60)61-50-46-42-38-34-30-26-22-24-28-32-36-40-44-48-54(59)56-52(51-57)53(58)47-43-39-35-31-27-23-18-16-14-12-10-8-6-4-2/h17,19,24,28,43,47,52-53,57-58H,3-16,18,20-23,25-27,29-42,44-46,48-51H2,1-2H3,(H,56,59)/b19-17-,28-24-,47-43+. The first-order chi connectivity index (χ1) is 30.0. The van der Waals surface area contributed by atoms with Crippen molar-refractivity contribution in [2.75, 3.05) is 13.2 Å². The fraction of sp³-hybridized carbons (Fsp3) is 0.855. The zero-order chi connectivity index (χ0) is 44.4. The van der Waals surface area contributed by atoms with Crippen molar-refractivity contribution in [3.8, 4) is 0 Å². The molecule has 358 valence electrons. The Bertz CT molecular complexity index is 993. The monoisotopic (exact) mass is 858 g/mol. The number of carbonyl (C=O) groups is 2. The van der Waals surface area contributed by atoms with Gasteiger partial charge in [-0.15, -0.1) is 0 Å². The Morgan fingerprint density at radius 2 is 0.770 bits per heavy atom. The number of ether oxygens (including phenoxy) is 1. The lowest BCUT2D eigenvalue weighted by molar-refractivity contribution is -0.143. The Morgan fingerprint density at radius 3 is 1.18 bits per heavy atom. The van der Waals surface area contributed by atoms with Crippen LogP contribution in [0.3, 0.4) is 0 Å². The SMILES string of the molecule is CCCCCCCC/C=C\CCCCCCCCCC(=O)OCCCCCCCC/C=C\CCCCCC(=O)NC(CO)C(O)/C=C/CCCCCCCCCCCCCC. The van der Waals surface area contributed by atoms with Gasteiger partial charge in [0.15, 0.2) is 0 Å². The van der Waals surface area contributed by atoms with Gasteiger partial charge in [0.1, 0.15) is 0 Å². The van der Waals surface area contributed by atoms with E-state index < -0.39 is 12.1 Å². The minimum Gasteiger partial charge on any atom is -0.466 e. The fourth-order valence-electron chi connectivity index (χ4n) is 7.97. The zero-order valence-electron chi connectivity index (χ0n) is 40.6. The van der Waals surface area contributed by atoms with Crippen molar-refractivity contribution in [3.63, 3.8) is 0 Å². The zero-order valence-corrected chi connectivity index (χ0v) is 40.6. The van der Waals surface area contributed by atoms with Gasteiger partial charge in [-0.3, -0.25) is 9.59 Å². The summed E-state index contributed by atoms with van der Waals surface area (Å²) in [5.74, 6) is -0.116. The maximum atomic E-state index is 12.4. The van der Waals surface area contributed by atoms with Crippen LogP contribution in [0.2, 0.25) is 0 Å². The molecular weight excluding hydrogens is 755 g/mol. The van der Waals surface area contributed by atoms with Crippen molar-refractivity contribution in [1.29, 1.82) is 0 Å². The smallest absolute Gasteiger partial charge is 0.305 e. The van der Waals surface area contributed by atoms with E-state index >= 15 is 0 Å². The summed E-state index contributed by atoms with van der Waals surface area (Å²) in [4.78, 5) is 24.5. The summed E-state index contributed by atoms with van der Waals surface area (Å²) in [7, 11) is 0. The van der Waals surface area contributed by atoms with Crippen LogP contribution in [0, 0.1) is 0 Å². The van der Waals surface area contributed by atoms with Crippen LogP contribution in [0.4, 0.5) is 0 Å². The summed E-state index contributed by atoms with van der Waals surface area (Å²) in [6, 6.07) is -0.648. The highest BCUT2D eigenvalue weighted by Gasteiger charge is 2.18. The van der Waals surface area contributed by atoms with Crippen LogP contribution in [0.1, 0.15) is 277 Å². The molecule has 6 heteroatoms. The number of aliphatic hydroxyl groups excluding tert-OH is 2. The molecule has 3 N–H and O–H groups in total. The summed E-state index contributed by atoms with van der Waals surface area (Å²) in [6.45, 7) is 4.85. The quantitative estimate of drug-likeness (QED) is 0.0322. The van der Waals surface area contributed by atoms with E-state index in [-0.39, 0.29) is 18.5 Å². The third-order valence-corrected chi connectivity index (χ3v) is 12.1. The highest BCUT2D eigenvalue weighted by molar-refractivity contribution is 5.76. The van der Waals surface area contributed by atoms with E-state index in [1.807, 2.05) is 6.08 Å². The Kier molecular flexibility index (Phi) is 49.1. The Labute approximate surface area is 379 Å². The lowest BCUT2D eigenvalue weighted by Crippen LogP contribution is -2.45. The predicted octanol–water partition coefficient (Wildman–Crippen LogP) is 16.1. The van der Waals surface area contributed by atoms with Crippen LogP contribution < -0.4 is 5.32 Å². The summed E-state index contributed by atoms with van der Waals surface area (Å²) in [5, 5.41) is 23.0. The third kappa shape index (κ3) is 47.4. The maximum Gasteiger partial charge on any atom is 0.305 e. The van der Waals surface area contributed by atoms with Gasteiger partial charge in [-0.1, -0.05) is 217 Å². The highest BCUT2D eigenvalue weighted by Crippen LogP contribution is 2.15. The molecule has 0 rings (SSSR count). The fourth-order valence-corrected chi connectivity index (χ4v) is 7.97. The Hall–Kier alpha value is -1.92. The number of hydrogen-bond acceptors (Lipinski definition) is 5. The average molecular weight is 858 g/mol. The second kappa shape index (κ2) is 50.7. The van der Waals surface area contributed by atoms with Crippen molar-refractivity contribution < 1.29 is 24.5 Å². The largest absolute Gasteiger partial charge is 0.466 e. The lowest BCUT2D eigenvalue weighted by Gasteiger charge is -2.19. The molecule has 0 saturated heterocycles. The molecule has 0 saturated carbocycles. The van der Waals surface area contributed by atoms with Crippen LogP contribution in [-0.4, -0.2) is 47.4 Å². The number of hydrogen-bond donors (Lipinski definition) is 3. The van der Waals surface area contributed by atoms with Crippen LogP contribution in [0.5, 0.6) is 0 Å². The van der Waals surface area contributed by atoms with Gasteiger partial charge >= 0.3 is 5.97 Å². The molecule has 0 fully saturated rings. The van der Waals surface area contributed by atoms with Gasteiger partial charge in [-0.25, -0.2) is 0 Å². The topological polar surface area (TPSA) is 95.9 Å². The first-order valence-corrected chi connectivity index (χ1v) is 26.8. The van der Waals surface area contributed by atoms with Crippen LogP contribution in [-0.2, 0) is 14.3 Å². The van der Waals surface area contributed by atoms with E-state index in [1.165, 1.54) is 180 Å². The van der Waals surface area contributed by atoms with Crippen LogP contribution >= 0.6 is 0 Å². The second-order valence-electron chi connectivity index (χ2n) is 18.2. The molecule has 0 aromatic heterocycles. The van der Waals surface area contributed by atoms with Crippen molar-refractivity contribution >= 4 is 11.9 Å². The molecule has 6 nitrogen and oxygen atoms in total. The summed E-state index contributed by atoms with van der Waals surface area (Å²) in [5.41, 5.74) is 0. The molecule has 1 amide bonds. The molecule has 61 heavy (non-hydrogen) atoms. The number of allylic oxidation sites excluding steroid dienone is 5. The van der Waals surface area contributed by atoms with E-state index in [9.17, 15) is 19.8 Å². The second-order valence-corrected chi connectivity index (χ2v) is 18.2. The molecule has 2 unspecified atom stereocenters. The first kappa shape index (κ1) is 59.1. The van der Waals surface area contributed by atoms with Crippen molar-refractivity contribution in [1.82, 2.24) is 5.32 Å². The number of amides is 1. The molecule has 0 aromatic carbocycles. The van der Waals surface area contributed by atoms with Crippen LogP contribution in [0.25, 0.3) is 0 Å². The predicted molar refractivity (Wildman–Crippen MR) is 264 cm³/mol. The van der Waals surface area contributed by atoms with Gasteiger partial charge in [0, 0.05) is 12.8 Å². The molecule has 0 aliphatic heterocycles. The molecule has 0 aliphatic carbocycles. The number of nitrogens with one attached hydrogen (secondary N) is 1. The van der Waals surface area contributed by atoms with Crippen molar-refractivity contribution in [2.24, 2.45) is 0 Å². The summed E-state index contributed by atoms with van der Waals surface area (Å²) < 4.78 is 5.46. The number of esters is 1. The van der Waals surface area contributed by atoms with Crippen LogP contribution in [0.15, 0.2) is 36.5 Å². The molecule has 0 aliphatic rings. The average Bonchev–Trinajstić information content (AvgIpc) is 3.26. The molecular formula is C55H103NO5. The Balaban J connectivity index is 3.52. The Morgan fingerprint density at radius 1 is 0.443 bits per heavy atom. The van der Waals surface area contributed by atoms with Gasteiger partial charge in [0.2, 0.25) is 5.91 Å². The molecule has 2 atom stereocenters. The van der Waals surface area contributed by atoms with E-state index in [1.54, 1.807) is 6.08 Å². The number of unbranched alkanes of at least 4 members (excludes halogenated alkanes) is 34. The molecule has 0 bridgehead atoms. The minimum absolute atomic E-state index is 0.0179. The van der Waals surface area contributed by atoms with Crippen molar-refractivity contribution in [2.45, 2.75) is 289 Å². The number of carbonyl (C=O) groups excluding carboxylic acids is 2. The van der Waals surface area contributed by atoms with Gasteiger partial charge in [0.05, 0.1) is 25.4 Å². The first-order valence-electron chi connectivity index (χ1n) is 26.8. The maximum absolute atomic E-state index is 12.4. The van der Waals surface area contributed by atoms with E-state index in [0.717, 1.165) is 70.6 Å². The number of rotatable bonds is 49. The summed E-state index contributed by atoms with van der Waals surface area (Å²) in [6.07, 6.45) is 61.5. The van der Waals surface area contributed by atoms with Gasteiger partial charge in [0.25, 0.3) is 0 Å². The van der Waals surface area contributed by atoms with E-state index in [0.29, 0.717) is 19.4 Å². The third-order valence-electron chi connectivity index (χ3n) is 12.1. The van der Waals surface area contributed by atoms with E-state index in [2.05, 4.69) is 43.5 Å². The molecule has 0 heterocycles. The van der Waals surface area contributed by atoms with Gasteiger partial charge in [-0.2, -0.15) is 0 Å². The van der Waals surface area contributed by atoms with E-state index in [4.69, 9.17) is 4.74 Å². The highest BCUT2D eigenvalue weighted by atomic mass is 16.5. The molecule has 0 aromatic rings. The van der Waals surface area contributed by atoms with Gasteiger partial charge < -0.3 is 20.3 Å². The molecule has 0 radical (unpaired) electrons. The molecule has 0 spiro atoms.